The van der Waals surface area contributed by atoms with Crippen LogP contribution < -0.4 is 5.32 Å². The van der Waals surface area contributed by atoms with Crippen LogP contribution in [0.2, 0.25) is 19.6 Å². The molecule has 0 radical (unpaired) electrons. The average molecular weight is 231 g/mol. The van der Waals surface area contributed by atoms with Gasteiger partial charge < -0.3 is 14.8 Å². The topological polar surface area (TPSA) is 35.6 Å². The van der Waals surface area contributed by atoms with Crippen LogP contribution >= 0.6 is 12.2 Å². The molecule has 0 saturated carbocycles. The smallest absolute Gasteiger partial charge is 0.319 e. The van der Waals surface area contributed by atoms with E-state index in [1.54, 1.807) is 9.47 Å². The molecule has 0 spiro atoms. The normalized spacial score (nSPS) is 18.6. The number of carbonyl (C=O) groups is 1. The van der Waals surface area contributed by atoms with E-state index >= 15 is 0 Å². The number of urea groups is 1. The monoisotopic (exact) mass is 231 g/mol. The summed E-state index contributed by atoms with van der Waals surface area (Å²) in [7, 11) is -1.70. The molecule has 0 aromatic carbocycles. The Morgan fingerprint density at radius 3 is 2.50 bits per heavy atom. The molecule has 1 heterocycles. The minimum Gasteiger partial charge on any atom is -0.345 e. The zero-order valence-electron chi connectivity index (χ0n) is 9.13. The van der Waals surface area contributed by atoms with Gasteiger partial charge in [-0.25, -0.2) is 4.79 Å². The molecule has 0 aromatic rings. The van der Waals surface area contributed by atoms with Crippen molar-refractivity contribution in [2.24, 2.45) is 0 Å². The Morgan fingerprint density at radius 2 is 2.07 bits per heavy atom. The number of amides is 2. The van der Waals surface area contributed by atoms with Crippen LogP contribution in [0.15, 0.2) is 0 Å². The van der Waals surface area contributed by atoms with Crippen molar-refractivity contribution in [1.29, 1.82) is 0 Å². The van der Waals surface area contributed by atoms with Crippen LogP contribution in [0.5, 0.6) is 0 Å². The summed E-state index contributed by atoms with van der Waals surface area (Å²) in [6.45, 7) is 9.55. The van der Waals surface area contributed by atoms with Gasteiger partial charge in [-0.3, -0.25) is 0 Å². The van der Waals surface area contributed by atoms with E-state index in [9.17, 15) is 4.79 Å². The molecule has 1 N–H and O–H groups in total. The predicted octanol–water partition coefficient (Wildman–Crippen LogP) is 1.41. The molecule has 14 heavy (non-hydrogen) atoms. The van der Waals surface area contributed by atoms with Gasteiger partial charge in [-0.15, -0.1) is 0 Å². The largest absolute Gasteiger partial charge is 0.345 e. The van der Waals surface area contributed by atoms with Gasteiger partial charge in [-0.2, -0.15) is 0 Å². The van der Waals surface area contributed by atoms with E-state index in [1.807, 2.05) is 6.92 Å². The summed E-state index contributed by atoms with van der Waals surface area (Å²) in [5.74, 6) is 0. The van der Waals surface area contributed by atoms with Gasteiger partial charge in [0.25, 0.3) is 0 Å². The summed E-state index contributed by atoms with van der Waals surface area (Å²) >= 11 is 5.16. The summed E-state index contributed by atoms with van der Waals surface area (Å²) in [6.07, 6.45) is 0. The van der Waals surface area contributed by atoms with Crippen molar-refractivity contribution in [2.45, 2.75) is 26.6 Å². The third-order valence-corrected chi connectivity index (χ3v) is 4.38. The van der Waals surface area contributed by atoms with E-state index in [0.29, 0.717) is 11.8 Å². The first-order chi connectivity index (χ1) is 6.38. The SMILES string of the molecule is CCN1CNC(=S)N([Si](C)(C)C)C1=O. The van der Waals surface area contributed by atoms with E-state index in [2.05, 4.69) is 25.0 Å². The zero-order valence-corrected chi connectivity index (χ0v) is 10.9. The highest BCUT2D eigenvalue weighted by molar-refractivity contribution is 7.80. The van der Waals surface area contributed by atoms with E-state index in [1.165, 1.54) is 0 Å². The number of hydrogen-bond acceptors (Lipinski definition) is 2. The molecular formula is C8H17N3OSSi. The fraction of sp³-hybridized carbons (Fsp3) is 0.750. The zero-order chi connectivity index (χ0) is 10.9. The van der Waals surface area contributed by atoms with E-state index in [-0.39, 0.29) is 6.03 Å². The Labute approximate surface area is 91.3 Å². The fourth-order valence-corrected chi connectivity index (χ4v) is 3.74. The van der Waals surface area contributed by atoms with Crippen molar-refractivity contribution >= 4 is 31.6 Å². The van der Waals surface area contributed by atoms with Crippen LogP contribution in [0.1, 0.15) is 6.92 Å². The molecule has 0 unspecified atom stereocenters. The Balaban J connectivity index is 2.90. The maximum absolute atomic E-state index is 12.0. The molecule has 1 fully saturated rings. The second-order valence-electron chi connectivity index (χ2n) is 4.28. The van der Waals surface area contributed by atoms with Crippen molar-refractivity contribution in [3.8, 4) is 0 Å². The third-order valence-electron chi connectivity index (χ3n) is 2.14. The molecule has 0 aliphatic carbocycles. The van der Waals surface area contributed by atoms with Gasteiger partial charge >= 0.3 is 6.03 Å². The second-order valence-corrected chi connectivity index (χ2v) is 9.46. The average Bonchev–Trinajstić information content (AvgIpc) is 2.02. The molecule has 1 aliphatic rings. The number of nitrogens with zero attached hydrogens (tertiary/aromatic N) is 2. The fourth-order valence-electron chi connectivity index (χ4n) is 1.38. The van der Waals surface area contributed by atoms with Crippen molar-refractivity contribution in [3.63, 3.8) is 0 Å². The number of thiocarbonyl (C=S) groups is 1. The van der Waals surface area contributed by atoms with E-state index in [4.69, 9.17) is 12.2 Å². The van der Waals surface area contributed by atoms with Gasteiger partial charge in [-0.1, -0.05) is 19.6 Å². The van der Waals surface area contributed by atoms with Crippen LogP contribution in [0.3, 0.4) is 0 Å². The molecule has 6 heteroatoms. The Hall–Kier alpha value is -0.623. The van der Waals surface area contributed by atoms with Gasteiger partial charge in [0.1, 0.15) is 0 Å². The quantitative estimate of drug-likeness (QED) is 0.576. The Morgan fingerprint density at radius 1 is 1.50 bits per heavy atom. The molecule has 80 valence electrons. The first kappa shape index (κ1) is 11.5. The van der Waals surface area contributed by atoms with Crippen molar-refractivity contribution in [2.75, 3.05) is 13.2 Å². The number of carbonyl (C=O) groups excluding carboxylic acids is 1. The van der Waals surface area contributed by atoms with Crippen molar-refractivity contribution in [3.05, 3.63) is 0 Å². The lowest BCUT2D eigenvalue weighted by molar-refractivity contribution is 0.181. The summed E-state index contributed by atoms with van der Waals surface area (Å²) < 4.78 is 1.76. The lowest BCUT2D eigenvalue weighted by atomic mass is 10.6. The molecular weight excluding hydrogens is 214 g/mol. The maximum Gasteiger partial charge on any atom is 0.319 e. The summed E-state index contributed by atoms with van der Waals surface area (Å²) in [6, 6.07) is 0.0513. The number of rotatable bonds is 2. The lowest BCUT2D eigenvalue weighted by Crippen LogP contribution is -2.66. The molecule has 1 saturated heterocycles. The van der Waals surface area contributed by atoms with E-state index in [0.717, 1.165) is 6.54 Å². The van der Waals surface area contributed by atoms with Crippen LogP contribution in [0.4, 0.5) is 4.79 Å². The number of nitrogens with one attached hydrogen (secondary N) is 1. The standard InChI is InChI=1S/C8H17N3OSSi/c1-5-10-6-9-7(13)11(8(10)12)14(2,3)4/h5-6H2,1-4H3,(H,9,13). The van der Waals surface area contributed by atoms with Gasteiger partial charge in [0, 0.05) is 6.54 Å². The van der Waals surface area contributed by atoms with Crippen LogP contribution in [-0.4, -0.2) is 42.1 Å². The van der Waals surface area contributed by atoms with Gasteiger partial charge in [-0.05, 0) is 19.1 Å². The Bertz CT molecular complexity index is 264. The molecule has 0 bridgehead atoms. The highest BCUT2D eigenvalue weighted by atomic mass is 32.1. The first-order valence-electron chi connectivity index (χ1n) is 4.75. The van der Waals surface area contributed by atoms with Crippen LogP contribution in [-0.2, 0) is 0 Å². The molecule has 1 aliphatic heterocycles. The highest BCUT2D eigenvalue weighted by Gasteiger charge is 2.37. The predicted molar refractivity (Wildman–Crippen MR) is 63.6 cm³/mol. The Kier molecular flexibility index (Phi) is 3.16. The minimum atomic E-state index is -1.70. The van der Waals surface area contributed by atoms with Gasteiger partial charge in [0.15, 0.2) is 13.3 Å². The summed E-state index contributed by atoms with van der Waals surface area (Å²) in [4.78, 5) is 13.7. The first-order valence-corrected chi connectivity index (χ1v) is 8.60. The second kappa shape index (κ2) is 3.86. The molecule has 2 amide bonds. The molecule has 1 rings (SSSR count). The lowest BCUT2D eigenvalue weighted by Gasteiger charge is -2.42. The highest BCUT2D eigenvalue weighted by Crippen LogP contribution is 2.15. The number of hydrogen-bond donors (Lipinski definition) is 1. The van der Waals surface area contributed by atoms with Gasteiger partial charge in [0.2, 0.25) is 0 Å². The summed E-state index contributed by atoms with van der Waals surface area (Å²) in [5, 5.41) is 3.65. The molecule has 0 aromatic heterocycles. The third kappa shape index (κ3) is 2.06. The molecule has 4 nitrogen and oxygen atoms in total. The maximum atomic E-state index is 12.0. The summed E-state index contributed by atoms with van der Waals surface area (Å²) in [5.41, 5.74) is 0. The van der Waals surface area contributed by atoms with Crippen LogP contribution in [0, 0.1) is 0 Å². The van der Waals surface area contributed by atoms with E-state index < -0.39 is 8.24 Å². The molecule has 0 atom stereocenters. The van der Waals surface area contributed by atoms with Crippen LogP contribution in [0.25, 0.3) is 0 Å². The van der Waals surface area contributed by atoms with Crippen molar-refractivity contribution < 1.29 is 4.79 Å². The van der Waals surface area contributed by atoms with Crippen molar-refractivity contribution in [1.82, 2.24) is 14.8 Å². The minimum absolute atomic E-state index is 0.0513. The van der Waals surface area contributed by atoms with Gasteiger partial charge in [0.05, 0.1) is 6.67 Å².